The summed E-state index contributed by atoms with van der Waals surface area (Å²) < 4.78 is 2.45. The number of aromatic nitrogens is 4. The fourth-order valence-corrected chi connectivity index (χ4v) is 4.37. The molecule has 0 aliphatic rings. The largest absolute Gasteiger partial charge is 0.293 e. The van der Waals surface area contributed by atoms with Crippen LogP contribution in [0.5, 0.6) is 0 Å². The molecule has 0 bridgehead atoms. The summed E-state index contributed by atoms with van der Waals surface area (Å²) in [6, 6.07) is 14.6. The topological polar surface area (TPSA) is 60.2 Å². The molecule has 2 heterocycles. The Kier molecular flexibility index (Phi) is 4.95. The number of thioether (sulfide) groups is 1. The zero-order valence-electron chi connectivity index (χ0n) is 13.1. The Balaban J connectivity index is 1.52. The number of benzene rings is 2. The summed E-state index contributed by atoms with van der Waals surface area (Å²) in [5.41, 5.74) is 1.47. The van der Waals surface area contributed by atoms with E-state index in [-0.39, 0.29) is 11.5 Å². The Hall–Kier alpha value is -1.93. The molecule has 0 radical (unpaired) electrons. The van der Waals surface area contributed by atoms with Crippen LogP contribution < -0.4 is 0 Å². The van der Waals surface area contributed by atoms with Gasteiger partial charge in [-0.1, -0.05) is 76.6 Å². The van der Waals surface area contributed by atoms with E-state index in [1.807, 2.05) is 30.3 Å². The van der Waals surface area contributed by atoms with Crippen LogP contribution in [0.3, 0.4) is 0 Å². The molecule has 130 valence electrons. The van der Waals surface area contributed by atoms with E-state index in [0.29, 0.717) is 26.4 Å². The Bertz CT molecular complexity index is 1090. The smallest absolute Gasteiger partial charge is 0.235 e. The van der Waals surface area contributed by atoms with Crippen molar-refractivity contribution >= 4 is 57.0 Å². The molecule has 0 fully saturated rings. The lowest BCUT2D eigenvalue weighted by Gasteiger charge is -2.01. The van der Waals surface area contributed by atoms with Crippen LogP contribution in [0.1, 0.15) is 10.4 Å². The maximum atomic E-state index is 12.3. The van der Waals surface area contributed by atoms with Gasteiger partial charge in [0.25, 0.3) is 0 Å². The molecule has 0 amide bonds. The number of nitrogens with zero attached hydrogens (tertiary/aromatic N) is 4. The number of carbonyl (C=O) groups is 1. The van der Waals surface area contributed by atoms with Gasteiger partial charge >= 0.3 is 0 Å². The monoisotopic (exact) mass is 420 g/mol. The number of hydrogen-bond donors (Lipinski definition) is 0. The summed E-state index contributed by atoms with van der Waals surface area (Å²) in [4.78, 5) is 13.0. The van der Waals surface area contributed by atoms with Crippen LogP contribution in [0.25, 0.3) is 16.3 Å². The molecular formula is C17H10Cl2N4OS2. The standard InChI is InChI=1S/C17H10Cl2N4OS2/c18-12-7-6-11(8-13(12)19)14(24)9-25-17-22-23-15(20-21-16(23)26-17)10-4-2-1-3-5-10/h1-8H,9H2. The van der Waals surface area contributed by atoms with Crippen molar-refractivity contribution in [2.75, 3.05) is 5.75 Å². The number of rotatable bonds is 5. The van der Waals surface area contributed by atoms with Crippen molar-refractivity contribution in [1.82, 2.24) is 19.8 Å². The predicted octanol–water partition coefficient (Wildman–Crippen LogP) is 5.13. The molecule has 0 atom stereocenters. The summed E-state index contributed by atoms with van der Waals surface area (Å²) in [7, 11) is 0. The average molecular weight is 421 g/mol. The maximum absolute atomic E-state index is 12.3. The highest BCUT2D eigenvalue weighted by Gasteiger charge is 2.15. The summed E-state index contributed by atoms with van der Waals surface area (Å²) >= 11 is 14.6. The second-order valence-corrected chi connectivity index (χ2v) is 8.29. The van der Waals surface area contributed by atoms with Crippen LogP contribution in [0.4, 0.5) is 0 Å². The molecule has 2 aromatic carbocycles. The first kappa shape index (κ1) is 17.5. The first-order valence-corrected chi connectivity index (χ1v) is 10.1. The molecule has 5 nitrogen and oxygen atoms in total. The van der Waals surface area contributed by atoms with Crippen LogP contribution >= 0.6 is 46.3 Å². The van der Waals surface area contributed by atoms with Gasteiger partial charge in [0.2, 0.25) is 4.96 Å². The third-order valence-corrected chi connectivity index (χ3v) is 6.34. The quantitative estimate of drug-likeness (QED) is 0.330. The summed E-state index contributed by atoms with van der Waals surface area (Å²) in [6.45, 7) is 0. The van der Waals surface area contributed by atoms with Gasteiger partial charge in [-0.2, -0.15) is 4.52 Å². The van der Waals surface area contributed by atoms with Crippen LogP contribution in [-0.4, -0.2) is 31.3 Å². The molecule has 26 heavy (non-hydrogen) atoms. The van der Waals surface area contributed by atoms with E-state index in [1.54, 1.807) is 22.7 Å². The third kappa shape index (κ3) is 3.48. The van der Waals surface area contributed by atoms with Crippen molar-refractivity contribution in [3.05, 3.63) is 64.1 Å². The minimum atomic E-state index is -0.0391. The molecule has 0 saturated heterocycles. The fourth-order valence-electron chi connectivity index (χ4n) is 2.31. The number of hydrogen-bond acceptors (Lipinski definition) is 6. The molecule has 2 aromatic heterocycles. The van der Waals surface area contributed by atoms with Crippen LogP contribution in [0.15, 0.2) is 52.9 Å². The number of fused-ring (bicyclic) bond motifs is 1. The molecule has 0 aliphatic carbocycles. The van der Waals surface area contributed by atoms with Crippen LogP contribution in [-0.2, 0) is 0 Å². The Morgan fingerprint density at radius 2 is 1.88 bits per heavy atom. The van der Waals surface area contributed by atoms with E-state index < -0.39 is 0 Å². The van der Waals surface area contributed by atoms with Crippen molar-refractivity contribution in [1.29, 1.82) is 0 Å². The first-order chi connectivity index (χ1) is 12.6. The molecular weight excluding hydrogens is 411 g/mol. The third-order valence-electron chi connectivity index (χ3n) is 3.57. The number of halogens is 2. The first-order valence-electron chi connectivity index (χ1n) is 7.50. The highest BCUT2D eigenvalue weighted by atomic mass is 35.5. The number of Topliss-reactive ketones (excluding diaryl/α,β-unsaturated/α-hetero) is 1. The van der Waals surface area contributed by atoms with Gasteiger partial charge in [-0.05, 0) is 18.2 Å². The van der Waals surface area contributed by atoms with Crippen LogP contribution in [0, 0.1) is 0 Å². The average Bonchev–Trinajstić information content (AvgIpc) is 3.23. The minimum Gasteiger partial charge on any atom is -0.293 e. The highest BCUT2D eigenvalue weighted by molar-refractivity contribution is 8.01. The van der Waals surface area contributed by atoms with Gasteiger partial charge in [0.05, 0.1) is 15.8 Å². The summed E-state index contributed by atoms with van der Waals surface area (Å²) in [6.07, 6.45) is 0. The molecule has 0 saturated carbocycles. The molecule has 0 N–H and O–H groups in total. The molecule has 4 aromatic rings. The van der Waals surface area contributed by atoms with E-state index in [1.165, 1.54) is 23.1 Å². The van der Waals surface area contributed by atoms with Gasteiger partial charge in [-0.25, -0.2) is 0 Å². The van der Waals surface area contributed by atoms with Crippen LogP contribution in [0.2, 0.25) is 10.0 Å². The highest BCUT2D eigenvalue weighted by Crippen LogP contribution is 2.29. The maximum Gasteiger partial charge on any atom is 0.235 e. The van der Waals surface area contributed by atoms with E-state index in [2.05, 4.69) is 15.3 Å². The fraction of sp³-hybridized carbons (Fsp3) is 0.0588. The van der Waals surface area contributed by atoms with Gasteiger partial charge in [-0.15, -0.1) is 15.3 Å². The summed E-state index contributed by atoms with van der Waals surface area (Å²) in [5, 5.41) is 13.7. The molecule has 4 rings (SSSR count). The van der Waals surface area contributed by atoms with Gasteiger partial charge < -0.3 is 0 Å². The second kappa shape index (κ2) is 7.36. The lowest BCUT2D eigenvalue weighted by molar-refractivity contribution is 0.102. The van der Waals surface area contributed by atoms with Gasteiger partial charge in [0.1, 0.15) is 0 Å². The Morgan fingerprint density at radius 1 is 1.08 bits per heavy atom. The second-order valence-electron chi connectivity index (χ2n) is 5.29. The van der Waals surface area contributed by atoms with Gasteiger partial charge in [0.15, 0.2) is 15.9 Å². The van der Waals surface area contributed by atoms with Crippen molar-refractivity contribution in [2.24, 2.45) is 0 Å². The van der Waals surface area contributed by atoms with Crippen molar-refractivity contribution in [3.63, 3.8) is 0 Å². The predicted molar refractivity (Wildman–Crippen MR) is 106 cm³/mol. The lowest BCUT2D eigenvalue weighted by atomic mass is 10.1. The minimum absolute atomic E-state index is 0.0391. The zero-order chi connectivity index (χ0) is 18.1. The van der Waals surface area contributed by atoms with Crippen molar-refractivity contribution in [2.45, 2.75) is 4.34 Å². The van der Waals surface area contributed by atoms with E-state index >= 15 is 0 Å². The van der Waals surface area contributed by atoms with Gasteiger partial charge in [0, 0.05) is 11.1 Å². The van der Waals surface area contributed by atoms with Gasteiger partial charge in [-0.3, -0.25) is 4.79 Å². The Morgan fingerprint density at radius 3 is 2.65 bits per heavy atom. The lowest BCUT2D eigenvalue weighted by Crippen LogP contribution is -2.02. The summed E-state index contributed by atoms with van der Waals surface area (Å²) in [5.74, 6) is 0.894. The molecule has 0 spiro atoms. The van der Waals surface area contributed by atoms with E-state index in [4.69, 9.17) is 23.2 Å². The number of ketones is 1. The zero-order valence-corrected chi connectivity index (χ0v) is 16.2. The molecule has 0 unspecified atom stereocenters. The molecule has 9 heteroatoms. The normalized spacial score (nSPS) is 11.2. The SMILES string of the molecule is O=C(CSc1nn2c(-c3ccccc3)nnc2s1)c1ccc(Cl)c(Cl)c1. The number of carbonyl (C=O) groups excluding carboxylic acids is 1. The molecule has 0 aliphatic heterocycles. The van der Waals surface area contributed by atoms with Crippen molar-refractivity contribution in [3.8, 4) is 11.4 Å². The Labute approximate surface area is 167 Å². The van der Waals surface area contributed by atoms with Crippen molar-refractivity contribution < 1.29 is 4.79 Å². The van der Waals surface area contributed by atoms with E-state index in [9.17, 15) is 4.79 Å². The van der Waals surface area contributed by atoms with E-state index in [0.717, 1.165) is 9.90 Å².